The quantitative estimate of drug-likeness (QED) is 0.0233. The fourth-order valence-electron chi connectivity index (χ4n) is 5.32. The van der Waals surface area contributed by atoms with Crippen LogP contribution in [0.15, 0.2) is 9.98 Å². The summed E-state index contributed by atoms with van der Waals surface area (Å²) in [6.45, 7) is 0.789. The summed E-state index contributed by atoms with van der Waals surface area (Å²) in [6.07, 6.45) is 2.73. The first-order valence-electron chi connectivity index (χ1n) is 17.7. The van der Waals surface area contributed by atoms with Crippen molar-refractivity contribution in [1.29, 1.82) is 0 Å². The van der Waals surface area contributed by atoms with Crippen LogP contribution < -0.4 is 61.0 Å². The third-order valence-electron chi connectivity index (χ3n) is 8.30. The van der Waals surface area contributed by atoms with Crippen LogP contribution in [0.3, 0.4) is 0 Å². The normalized spacial score (nSPS) is 16.4. The van der Waals surface area contributed by atoms with E-state index in [0.717, 1.165) is 4.90 Å². The van der Waals surface area contributed by atoms with E-state index in [-0.39, 0.29) is 63.7 Å². The van der Waals surface area contributed by atoms with Crippen LogP contribution in [0.5, 0.6) is 0 Å². The number of aliphatic imine (C=N–C) groups is 2. The Morgan fingerprint density at radius 1 is 0.741 bits per heavy atom. The molecule has 1 aliphatic heterocycles. The number of aliphatic hydroxyl groups is 1. The Morgan fingerprint density at radius 3 is 1.83 bits per heavy atom. The average Bonchev–Trinajstić information content (AvgIpc) is 3.62. The van der Waals surface area contributed by atoms with E-state index in [2.05, 4.69) is 36.6 Å². The van der Waals surface area contributed by atoms with E-state index in [0.29, 0.717) is 32.2 Å². The molecule has 0 aromatic carbocycles. The number of nitrogens with one attached hydrogen (secondary N) is 5. The molecule has 0 bridgehead atoms. The minimum absolute atomic E-state index is 0.0689. The van der Waals surface area contributed by atoms with E-state index in [4.69, 9.17) is 34.4 Å². The molecular weight excluding hydrogens is 712 g/mol. The lowest BCUT2D eigenvalue weighted by Gasteiger charge is -2.26. The third kappa shape index (κ3) is 17.5. The molecule has 0 spiro atoms. The number of aliphatic hydroxyl groups excluding tert-OH is 1. The highest BCUT2D eigenvalue weighted by molar-refractivity contribution is 5.96. The van der Waals surface area contributed by atoms with Crippen molar-refractivity contribution in [2.45, 2.75) is 101 Å². The van der Waals surface area contributed by atoms with Gasteiger partial charge in [0.15, 0.2) is 11.9 Å². The molecule has 19 N–H and O–H groups in total. The van der Waals surface area contributed by atoms with E-state index in [9.17, 15) is 43.8 Å². The molecular formula is C31H58N14O9. The molecule has 0 aromatic heterocycles. The summed E-state index contributed by atoms with van der Waals surface area (Å²) >= 11 is 0. The standard InChI is InChI=1S/C31H58N14O9/c1-17(24(48)44-21(16-46)26(50)40-15-23(47)45-14-6-10-22(45)29(53)54)41-27(51)19(8-2-3-11-32)43-28(52)20(9-5-13-39-31(36)37)42-25(49)18(33)7-4-12-38-30(34)35/h17-22,46H,2-16,32-33H2,1H3,(H,40,50)(H,41,51)(H,42,49)(H,43,52)(H,44,48)(H,53,54)(H4,34,35,38)(H4,36,37,39)/t17-,18+,19-,20-,21+,22+/m0/s1. The molecule has 6 amide bonds. The number of rotatable bonds is 25. The van der Waals surface area contributed by atoms with Gasteiger partial charge in [-0.15, -0.1) is 0 Å². The summed E-state index contributed by atoms with van der Waals surface area (Å²) < 4.78 is 0. The lowest BCUT2D eigenvalue weighted by atomic mass is 10.0. The largest absolute Gasteiger partial charge is 0.480 e. The number of nitrogens with zero attached hydrogens (tertiary/aromatic N) is 3. The number of guanidine groups is 2. The van der Waals surface area contributed by atoms with Crippen LogP contribution in [0.1, 0.15) is 64.7 Å². The molecule has 0 radical (unpaired) electrons. The molecule has 6 atom stereocenters. The SMILES string of the molecule is C[C@H](NC(=O)[C@H](CCCCN)NC(=O)[C@H](CCCN=C(N)N)NC(=O)[C@H](N)CCCN=C(N)N)C(=O)N[C@H](CO)C(=O)NCC(=O)N1CCC[C@@H]1C(=O)O. The Kier molecular flexibility index (Phi) is 21.5. The number of carboxylic acid groups (broad SMARTS) is 1. The van der Waals surface area contributed by atoms with Crippen molar-refractivity contribution >= 4 is 53.3 Å². The molecule has 0 aliphatic carbocycles. The van der Waals surface area contributed by atoms with Gasteiger partial charge in [0.25, 0.3) is 0 Å². The highest BCUT2D eigenvalue weighted by atomic mass is 16.4. The smallest absolute Gasteiger partial charge is 0.326 e. The van der Waals surface area contributed by atoms with Gasteiger partial charge >= 0.3 is 5.97 Å². The lowest BCUT2D eigenvalue weighted by Crippen LogP contribution is -2.59. The first-order chi connectivity index (χ1) is 25.5. The average molecular weight is 771 g/mol. The summed E-state index contributed by atoms with van der Waals surface area (Å²) in [4.78, 5) is 98.2. The minimum atomic E-state index is -1.51. The van der Waals surface area contributed by atoms with E-state index in [1.807, 2.05) is 0 Å². The Morgan fingerprint density at radius 2 is 1.28 bits per heavy atom. The number of nitrogens with two attached hydrogens (primary N) is 6. The zero-order valence-electron chi connectivity index (χ0n) is 30.6. The van der Waals surface area contributed by atoms with Crippen molar-refractivity contribution in [1.82, 2.24) is 31.5 Å². The van der Waals surface area contributed by atoms with Crippen LogP contribution in [-0.4, -0.2) is 144 Å². The second-order valence-corrected chi connectivity index (χ2v) is 12.7. The Bertz CT molecular complexity index is 1340. The van der Waals surface area contributed by atoms with E-state index < -0.39 is 90.8 Å². The first-order valence-corrected chi connectivity index (χ1v) is 17.7. The van der Waals surface area contributed by atoms with Crippen molar-refractivity contribution < 1.29 is 43.8 Å². The maximum atomic E-state index is 13.5. The van der Waals surface area contributed by atoms with E-state index >= 15 is 0 Å². The topological polar surface area (TPSA) is 404 Å². The molecule has 1 fully saturated rings. The van der Waals surface area contributed by atoms with Gasteiger partial charge in [-0.2, -0.15) is 0 Å². The predicted molar refractivity (Wildman–Crippen MR) is 197 cm³/mol. The van der Waals surface area contributed by atoms with Gasteiger partial charge < -0.3 is 76.1 Å². The zero-order chi connectivity index (χ0) is 40.8. The fourth-order valence-corrected chi connectivity index (χ4v) is 5.32. The number of amides is 6. The van der Waals surface area contributed by atoms with Crippen LogP contribution in [-0.2, 0) is 33.6 Å². The van der Waals surface area contributed by atoms with Gasteiger partial charge in [-0.25, -0.2) is 4.79 Å². The molecule has 0 unspecified atom stereocenters. The van der Waals surface area contributed by atoms with Gasteiger partial charge in [0.05, 0.1) is 19.2 Å². The summed E-state index contributed by atoms with van der Waals surface area (Å²) in [6, 6.07) is -7.14. The Balaban J connectivity index is 2.95. The number of unbranched alkanes of at least 4 members (excludes halogenated alkanes) is 1. The number of carboxylic acids is 1. The molecule has 1 aliphatic rings. The van der Waals surface area contributed by atoms with Crippen LogP contribution in [0.4, 0.5) is 0 Å². The highest BCUT2D eigenvalue weighted by Crippen LogP contribution is 2.17. The second-order valence-electron chi connectivity index (χ2n) is 12.7. The van der Waals surface area contributed by atoms with Crippen LogP contribution in [0, 0.1) is 0 Å². The summed E-state index contributed by atoms with van der Waals surface area (Å²) in [5.74, 6) is -5.99. The monoisotopic (exact) mass is 770 g/mol. The summed E-state index contributed by atoms with van der Waals surface area (Å²) in [5.41, 5.74) is 33.0. The lowest BCUT2D eigenvalue weighted by molar-refractivity contribution is -0.148. The van der Waals surface area contributed by atoms with Gasteiger partial charge in [-0.1, -0.05) is 0 Å². The fraction of sp³-hybridized carbons (Fsp3) is 0.710. The second kappa shape index (κ2) is 24.9. The van der Waals surface area contributed by atoms with E-state index in [1.165, 1.54) is 6.92 Å². The number of hydrogen-bond acceptors (Lipinski definition) is 12. The van der Waals surface area contributed by atoms with Crippen LogP contribution in [0.2, 0.25) is 0 Å². The van der Waals surface area contributed by atoms with Crippen LogP contribution in [0.25, 0.3) is 0 Å². The third-order valence-corrected chi connectivity index (χ3v) is 8.30. The molecule has 1 rings (SSSR count). The summed E-state index contributed by atoms with van der Waals surface area (Å²) in [7, 11) is 0. The minimum Gasteiger partial charge on any atom is -0.480 e. The predicted octanol–water partition coefficient (Wildman–Crippen LogP) is -6.31. The van der Waals surface area contributed by atoms with E-state index in [1.54, 1.807) is 0 Å². The molecule has 306 valence electrons. The van der Waals surface area contributed by atoms with Crippen molar-refractivity contribution in [3.05, 3.63) is 0 Å². The first kappa shape index (κ1) is 46.7. The zero-order valence-corrected chi connectivity index (χ0v) is 30.6. The number of aliphatic carboxylic acids is 1. The molecule has 23 heteroatoms. The van der Waals surface area contributed by atoms with Gasteiger partial charge in [0.1, 0.15) is 30.2 Å². The summed E-state index contributed by atoms with van der Waals surface area (Å²) in [5, 5.41) is 31.3. The number of carbonyl (C=O) groups excluding carboxylic acids is 6. The molecule has 1 heterocycles. The van der Waals surface area contributed by atoms with Crippen molar-refractivity contribution in [3.63, 3.8) is 0 Å². The molecule has 0 aromatic rings. The maximum absolute atomic E-state index is 13.5. The number of carbonyl (C=O) groups is 7. The van der Waals surface area contributed by atoms with Crippen molar-refractivity contribution in [2.75, 3.05) is 39.3 Å². The van der Waals surface area contributed by atoms with Crippen LogP contribution >= 0.6 is 0 Å². The number of hydrogen-bond donors (Lipinski definition) is 13. The van der Waals surface area contributed by atoms with Gasteiger partial charge in [-0.05, 0) is 71.3 Å². The molecule has 54 heavy (non-hydrogen) atoms. The van der Waals surface area contributed by atoms with Gasteiger partial charge in [-0.3, -0.25) is 38.8 Å². The Hall–Kier alpha value is -5.29. The Labute approximate surface area is 313 Å². The molecule has 23 nitrogen and oxygen atoms in total. The van der Waals surface area contributed by atoms with Crippen molar-refractivity contribution in [3.8, 4) is 0 Å². The van der Waals surface area contributed by atoms with Crippen molar-refractivity contribution in [2.24, 2.45) is 44.4 Å². The maximum Gasteiger partial charge on any atom is 0.326 e. The molecule has 1 saturated heterocycles. The number of likely N-dealkylation sites (tertiary alicyclic amines) is 1. The molecule has 0 saturated carbocycles. The van der Waals surface area contributed by atoms with Gasteiger partial charge in [0, 0.05) is 19.6 Å². The highest BCUT2D eigenvalue weighted by Gasteiger charge is 2.35. The van der Waals surface area contributed by atoms with Gasteiger partial charge in [0.2, 0.25) is 35.4 Å².